The Kier molecular flexibility index (Phi) is 2.55. The molecule has 0 saturated carbocycles. The average molecular weight is 197 g/mol. The predicted octanol–water partition coefficient (Wildman–Crippen LogP) is 1.97. The molecule has 0 fully saturated rings. The zero-order valence-electron chi connectivity index (χ0n) is 9.03. The highest BCUT2D eigenvalue weighted by Gasteiger charge is 2.04. The molecule has 15 heavy (non-hydrogen) atoms. The third kappa shape index (κ3) is 1.78. The number of pyridine rings is 1. The average Bonchev–Trinajstić information content (AvgIpc) is 2.27. The van der Waals surface area contributed by atoms with E-state index >= 15 is 0 Å². The lowest BCUT2D eigenvalue weighted by Gasteiger charge is -2.09. The van der Waals surface area contributed by atoms with Crippen molar-refractivity contribution in [3.63, 3.8) is 0 Å². The maximum absolute atomic E-state index is 4.58. The van der Waals surface area contributed by atoms with Gasteiger partial charge in [0.05, 0.1) is 11.0 Å². The van der Waals surface area contributed by atoms with Crippen LogP contribution in [0.4, 0.5) is 0 Å². The molecule has 0 aliphatic heterocycles. The van der Waals surface area contributed by atoms with Gasteiger partial charge in [0, 0.05) is 5.56 Å². The summed E-state index contributed by atoms with van der Waals surface area (Å²) in [5.41, 5.74) is 1.98. The topological polar surface area (TPSA) is 12.9 Å². The lowest BCUT2D eigenvalue weighted by atomic mass is 10.0. The van der Waals surface area contributed by atoms with E-state index in [2.05, 4.69) is 43.3 Å². The van der Waals surface area contributed by atoms with Crippen LogP contribution in [0.2, 0.25) is 0 Å². The SMILES string of the molecule is C=Cc1cc2c(nc1C=C)=CC(C)CC=2. The zero-order chi connectivity index (χ0) is 10.8. The first kappa shape index (κ1) is 9.91. The van der Waals surface area contributed by atoms with Gasteiger partial charge >= 0.3 is 0 Å². The lowest BCUT2D eigenvalue weighted by molar-refractivity contribution is 0.794. The maximum Gasteiger partial charge on any atom is 0.0703 e. The van der Waals surface area contributed by atoms with E-state index in [1.165, 1.54) is 5.22 Å². The van der Waals surface area contributed by atoms with E-state index in [0.29, 0.717) is 5.92 Å². The third-order valence-electron chi connectivity index (χ3n) is 2.71. The summed E-state index contributed by atoms with van der Waals surface area (Å²) < 4.78 is 0. The summed E-state index contributed by atoms with van der Waals surface area (Å²) in [6, 6.07) is 2.13. The quantitative estimate of drug-likeness (QED) is 0.706. The van der Waals surface area contributed by atoms with Crippen LogP contribution in [-0.2, 0) is 0 Å². The number of fused-ring (bicyclic) bond motifs is 1. The Labute approximate surface area is 90.2 Å². The predicted molar refractivity (Wildman–Crippen MR) is 66.4 cm³/mol. The highest BCUT2D eigenvalue weighted by molar-refractivity contribution is 5.61. The van der Waals surface area contributed by atoms with E-state index in [0.717, 1.165) is 23.0 Å². The van der Waals surface area contributed by atoms with Crippen molar-refractivity contribution < 1.29 is 0 Å². The van der Waals surface area contributed by atoms with Crippen molar-refractivity contribution in [1.82, 2.24) is 4.98 Å². The molecule has 2 rings (SSSR count). The Hall–Kier alpha value is -1.63. The van der Waals surface area contributed by atoms with Crippen LogP contribution in [0.1, 0.15) is 24.6 Å². The molecule has 1 aliphatic rings. The molecule has 1 aromatic heterocycles. The Morgan fingerprint density at radius 2 is 2.20 bits per heavy atom. The lowest BCUT2D eigenvalue weighted by Crippen LogP contribution is -2.32. The van der Waals surface area contributed by atoms with E-state index in [-0.39, 0.29) is 0 Å². The minimum Gasteiger partial charge on any atom is -0.248 e. The molecule has 1 heterocycles. The Bertz CT molecular complexity index is 523. The smallest absolute Gasteiger partial charge is 0.0703 e. The summed E-state index contributed by atoms with van der Waals surface area (Å²) >= 11 is 0. The van der Waals surface area contributed by atoms with Gasteiger partial charge in [-0.15, -0.1) is 0 Å². The Morgan fingerprint density at radius 3 is 2.87 bits per heavy atom. The van der Waals surface area contributed by atoms with Crippen LogP contribution in [0, 0.1) is 5.92 Å². The fraction of sp³-hybridized carbons (Fsp3) is 0.214. The molecule has 1 aliphatic carbocycles. The summed E-state index contributed by atoms with van der Waals surface area (Å²) in [4.78, 5) is 4.58. The van der Waals surface area contributed by atoms with Gasteiger partial charge in [0.15, 0.2) is 0 Å². The fourth-order valence-electron chi connectivity index (χ4n) is 1.85. The van der Waals surface area contributed by atoms with Crippen molar-refractivity contribution in [2.45, 2.75) is 13.3 Å². The monoisotopic (exact) mass is 197 g/mol. The first-order valence-electron chi connectivity index (χ1n) is 5.22. The molecule has 1 atom stereocenters. The number of rotatable bonds is 2. The van der Waals surface area contributed by atoms with Crippen molar-refractivity contribution >= 4 is 24.3 Å². The van der Waals surface area contributed by atoms with Crippen LogP contribution >= 0.6 is 0 Å². The summed E-state index contributed by atoms with van der Waals surface area (Å²) in [5.74, 6) is 0.581. The van der Waals surface area contributed by atoms with Crippen LogP contribution in [0.25, 0.3) is 24.3 Å². The molecular weight excluding hydrogens is 182 g/mol. The number of aromatic nitrogens is 1. The van der Waals surface area contributed by atoms with Crippen molar-refractivity contribution in [3.05, 3.63) is 41.0 Å². The van der Waals surface area contributed by atoms with E-state index < -0.39 is 0 Å². The van der Waals surface area contributed by atoms with Crippen molar-refractivity contribution in [3.8, 4) is 0 Å². The van der Waals surface area contributed by atoms with E-state index in [9.17, 15) is 0 Å². The van der Waals surface area contributed by atoms with Crippen LogP contribution < -0.4 is 10.6 Å². The van der Waals surface area contributed by atoms with E-state index in [1.54, 1.807) is 6.08 Å². The molecule has 0 saturated heterocycles. The summed E-state index contributed by atoms with van der Waals surface area (Å²) in [6.45, 7) is 9.77. The molecule has 0 radical (unpaired) electrons. The zero-order valence-corrected chi connectivity index (χ0v) is 9.03. The largest absolute Gasteiger partial charge is 0.248 e. The number of hydrogen-bond acceptors (Lipinski definition) is 1. The van der Waals surface area contributed by atoms with Crippen LogP contribution in [0.3, 0.4) is 0 Å². The van der Waals surface area contributed by atoms with E-state index in [1.807, 2.05) is 6.08 Å². The summed E-state index contributed by atoms with van der Waals surface area (Å²) in [6.07, 6.45) is 9.17. The molecular formula is C14H15N. The van der Waals surface area contributed by atoms with Crippen molar-refractivity contribution in [2.24, 2.45) is 5.92 Å². The highest BCUT2D eigenvalue weighted by atomic mass is 14.7. The van der Waals surface area contributed by atoms with Gasteiger partial charge < -0.3 is 0 Å². The van der Waals surface area contributed by atoms with Crippen molar-refractivity contribution in [2.75, 3.05) is 0 Å². The Balaban J connectivity index is 2.76. The van der Waals surface area contributed by atoms with Crippen molar-refractivity contribution in [1.29, 1.82) is 0 Å². The standard InChI is InChI=1S/C14H15N/c1-4-11-9-12-7-6-10(3)8-14(12)15-13(11)5-2/h4-5,7-10H,1-2,6H2,3H3. The first-order valence-corrected chi connectivity index (χ1v) is 5.22. The van der Waals surface area contributed by atoms with Gasteiger partial charge in [0.2, 0.25) is 0 Å². The minimum atomic E-state index is 0.581. The summed E-state index contributed by atoms with van der Waals surface area (Å²) in [5, 5.41) is 2.29. The normalized spacial score (nSPS) is 18.3. The van der Waals surface area contributed by atoms with E-state index in [4.69, 9.17) is 0 Å². The third-order valence-corrected chi connectivity index (χ3v) is 2.71. The maximum atomic E-state index is 4.58. The molecule has 0 aromatic carbocycles. The minimum absolute atomic E-state index is 0.581. The fourth-order valence-corrected chi connectivity index (χ4v) is 1.85. The molecule has 1 heteroatoms. The second-order valence-corrected chi connectivity index (χ2v) is 3.93. The highest BCUT2D eigenvalue weighted by Crippen LogP contribution is 2.08. The summed E-state index contributed by atoms with van der Waals surface area (Å²) in [7, 11) is 0. The van der Waals surface area contributed by atoms with Gasteiger partial charge in [-0.2, -0.15) is 0 Å². The Morgan fingerprint density at radius 1 is 1.40 bits per heavy atom. The number of hydrogen-bond donors (Lipinski definition) is 0. The van der Waals surface area contributed by atoms with Gasteiger partial charge in [-0.3, -0.25) is 0 Å². The molecule has 0 bridgehead atoms. The van der Waals surface area contributed by atoms with Crippen LogP contribution in [-0.4, -0.2) is 4.98 Å². The van der Waals surface area contributed by atoms with Crippen LogP contribution in [0.5, 0.6) is 0 Å². The van der Waals surface area contributed by atoms with Gasteiger partial charge in [-0.1, -0.05) is 38.3 Å². The van der Waals surface area contributed by atoms with Gasteiger partial charge in [0.1, 0.15) is 0 Å². The second-order valence-electron chi connectivity index (χ2n) is 3.93. The molecule has 1 aromatic rings. The number of nitrogens with zero attached hydrogens (tertiary/aromatic N) is 1. The molecule has 0 N–H and O–H groups in total. The first-order chi connectivity index (χ1) is 7.24. The van der Waals surface area contributed by atoms with Gasteiger partial charge in [0.25, 0.3) is 0 Å². The molecule has 1 nitrogen and oxygen atoms in total. The van der Waals surface area contributed by atoms with Gasteiger partial charge in [-0.25, -0.2) is 4.98 Å². The molecule has 0 amide bonds. The van der Waals surface area contributed by atoms with Gasteiger partial charge in [-0.05, 0) is 29.7 Å². The second kappa shape index (κ2) is 3.85. The molecule has 0 spiro atoms. The molecule has 1 unspecified atom stereocenters. The molecule has 76 valence electrons. The van der Waals surface area contributed by atoms with Crippen LogP contribution in [0.15, 0.2) is 19.2 Å².